The maximum absolute atomic E-state index is 5.57. The van der Waals surface area contributed by atoms with Crippen LogP contribution in [0.5, 0.6) is 5.75 Å². The molecular weight excluding hydrogens is 410 g/mol. The molecule has 0 radical (unpaired) electrons. The summed E-state index contributed by atoms with van der Waals surface area (Å²) in [5.74, 6) is 2.14. The summed E-state index contributed by atoms with van der Waals surface area (Å²) >= 11 is 1.71. The van der Waals surface area contributed by atoms with Gasteiger partial charge in [0.25, 0.3) is 0 Å². The summed E-state index contributed by atoms with van der Waals surface area (Å²) in [7, 11) is 1.70. The summed E-state index contributed by atoms with van der Waals surface area (Å²) in [6.07, 6.45) is 0. The van der Waals surface area contributed by atoms with E-state index in [1.807, 2.05) is 12.1 Å². The van der Waals surface area contributed by atoms with E-state index in [4.69, 9.17) is 19.5 Å². The molecule has 1 atom stereocenters. The smallest absolute Gasteiger partial charge is 0.191 e. The van der Waals surface area contributed by atoms with Crippen LogP contribution in [0.1, 0.15) is 49.0 Å². The largest absolute Gasteiger partial charge is 0.497 e. The summed E-state index contributed by atoms with van der Waals surface area (Å²) in [5, 5.41) is 10.2. The summed E-state index contributed by atoms with van der Waals surface area (Å²) in [6, 6.07) is 8.57. The van der Waals surface area contributed by atoms with Crippen LogP contribution in [0.3, 0.4) is 0 Å². The van der Waals surface area contributed by atoms with E-state index >= 15 is 0 Å². The standard InChI is InChI=1S/C23H35N5O2S/c1-5-24-23(25-14-19-16-31-22(27-19)17(2)3)26-15-21(28-10-12-30-13-11-28)18-6-8-20(29-4)9-7-18/h6-9,16-17,21H,5,10-15H2,1-4H3,(H2,24,25,26). The number of benzene rings is 1. The highest BCUT2D eigenvalue weighted by Crippen LogP contribution is 2.24. The van der Waals surface area contributed by atoms with Gasteiger partial charge in [0.1, 0.15) is 5.75 Å². The van der Waals surface area contributed by atoms with Crippen LogP contribution in [0.25, 0.3) is 0 Å². The van der Waals surface area contributed by atoms with Crippen molar-refractivity contribution < 1.29 is 9.47 Å². The Balaban J connectivity index is 1.69. The van der Waals surface area contributed by atoms with Crippen molar-refractivity contribution in [2.24, 2.45) is 4.99 Å². The Morgan fingerprint density at radius 2 is 1.97 bits per heavy atom. The minimum atomic E-state index is 0.227. The van der Waals surface area contributed by atoms with Crippen LogP contribution in [0, 0.1) is 0 Å². The second kappa shape index (κ2) is 12.0. The topological polar surface area (TPSA) is 71.0 Å². The van der Waals surface area contributed by atoms with Crippen molar-refractivity contribution in [3.8, 4) is 5.75 Å². The number of thiazole rings is 1. The molecule has 2 aromatic rings. The fraction of sp³-hybridized carbons (Fsp3) is 0.565. The second-order valence-corrected chi connectivity index (χ2v) is 8.73. The molecule has 0 aliphatic carbocycles. The first kappa shape index (κ1) is 23.5. The minimum absolute atomic E-state index is 0.227. The van der Waals surface area contributed by atoms with Gasteiger partial charge < -0.3 is 20.1 Å². The predicted octanol–water partition coefficient (Wildman–Crippen LogP) is 3.40. The highest BCUT2D eigenvalue weighted by Gasteiger charge is 2.23. The van der Waals surface area contributed by atoms with Crippen LogP contribution in [-0.2, 0) is 11.3 Å². The van der Waals surface area contributed by atoms with Crippen molar-refractivity contribution in [1.82, 2.24) is 20.5 Å². The van der Waals surface area contributed by atoms with E-state index < -0.39 is 0 Å². The van der Waals surface area contributed by atoms with E-state index in [9.17, 15) is 0 Å². The van der Waals surface area contributed by atoms with Gasteiger partial charge in [-0.05, 0) is 24.6 Å². The number of methoxy groups -OCH3 is 1. The third kappa shape index (κ3) is 6.92. The monoisotopic (exact) mass is 445 g/mol. The van der Waals surface area contributed by atoms with E-state index in [1.54, 1.807) is 18.4 Å². The van der Waals surface area contributed by atoms with Crippen molar-refractivity contribution in [1.29, 1.82) is 0 Å². The first-order valence-corrected chi connectivity index (χ1v) is 11.9. The molecule has 170 valence electrons. The van der Waals surface area contributed by atoms with Crippen LogP contribution in [0.4, 0.5) is 0 Å². The zero-order valence-corrected chi connectivity index (χ0v) is 19.9. The quantitative estimate of drug-likeness (QED) is 0.455. The molecule has 2 N–H and O–H groups in total. The number of morpholine rings is 1. The average molecular weight is 446 g/mol. The molecule has 1 aliphatic heterocycles. The van der Waals surface area contributed by atoms with Gasteiger partial charge in [-0.15, -0.1) is 11.3 Å². The summed E-state index contributed by atoms with van der Waals surface area (Å²) < 4.78 is 10.9. The molecule has 3 rings (SSSR count). The molecule has 1 aliphatic rings. The molecule has 7 nitrogen and oxygen atoms in total. The lowest BCUT2D eigenvalue weighted by atomic mass is 10.0. The van der Waals surface area contributed by atoms with Crippen molar-refractivity contribution in [3.63, 3.8) is 0 Å². The number of hydrogen-bond acceptors (Lipinski definition) is 6. The van der Waals surface area contributed by atoms with E-state index in [2.05, 4.69) is 53.8 Å². The molecule has 8 heteroatoms. The minimum Gasteiger partial charge on any atom is -0.497 e. The van der Waals surface area contributed by atoms with Gasteiger partial charge in [0, 0.05) is 37.5 Å². The molecule has 0 saturated carbocycles. The Bertz CT molecular complexity index is 816. The average Bonchev–Trinajstić information content (AvgIpc) is 3.28. The molecular formula is C23H35N5O2S. The van der Waals surface area contributed by atoms with Gasteiger partial charge in [0.05, 0.1) is 43.6 Å². The molecule has 1 saturated heterocycles. The molecule has 0 amide bonds. The lowest BCUT2D eigenvalue weighted by molar-refractivity contribution is 0.0170. The van der Waals surface area contributed by atoms with Gasteiger partial charge in [0.2, 0.25) is 0 Å². The molecule has 1 aromatic heterocycles. The molecule has 0 spiro atoms. The Hall–Kier alpha value is -2.16. The summed E-state index contributed by atoms with van der Waals surface area (Å²) in [4.78, 5) is 11.9. The third-order valence-corrected chi connectivity index (χ3v) is 6.45. The van der Waals surface area contributed by atoms with Gasteiger partial charge in [-0.3, -0.25) is 4.90 Å². The first-order valence-electron chi connectivity index (χ1n) is 11.0. The van der Waals surface area contributed by atoms with E-state index in [-0.39, 0.29) is 6.04 Å². The van der Waals surface area contributed by atoms with Crippen LogP contribution in [0.15, 0.2) is 34.6 Å². The van der Waals surface area contributed by atoms with Crippen molar-refractivity contribution in [3.05, 3.63) is 45.9 Å². The van der Waals surface area contributed by atoms with Gasteiger partial charge in [-0.2, -0.15) is 0 Å². The van der Waals surface area contributed by atoms with Crippen LogP contribution < -0.4 is 15.4 Å². The second-order valence-electron chi connectivity index (χ2n) is 7.85. The number of guanidine groups is 1. The van der Waals surface area contributed by atoms with Gasteiger partial charge in [-0.1, -0.05) is 26.0 Å². The number of ether oxygens (including phenoxy) is 2. The van der Waals surface area contributed by atoms with Crippen molar-refractivity contribution in [2.75, 3.05) is 46.5 Å². The van der Waals surface area contributed by atoms with Gasteiger partial charge >= 0.3 is 0 Å². The van der Waals surface area contributed by atoms with Crippen molar-refractivity contribution in [2.45, 2.75) is 39.3 Å². The summed E-state index contributed by atoms with van der Waals surface area (Å²) in [5.41, 5.74) is 2.28. The Kier molecular flexibility index (Phi) is 9.12. The molecule has 1 aromatic carbocycles. The number of aliphatic imine (C=N–C) groups is 1. The molecule has 2 heterocycles. The predicted molar refractivity (Wildman–Crippen MR) is 127 cm³/mol. The molecule has 31 heavy (non-hydrogen) atoms. The van der Waals surface area contributed by atoms with Crippen molar-refractivity contribution >= 4 is 17.3 Å². The highest BCUT2D eigenvalue weighted by molar-refractivity contribution is 7.09. The zero-order chi connectivity index (χ0) is 22.1. The zero-order valence-electron chi connectivity index (χ0n) is 19.1. The summed E-state index contributed by atoms with van der Waals surface area (Å²) in [6.45, 7) is 11.9. The van der Waals surface area contributed by atoms with Gasteiger partial charge in [-0.25, -0.2) is 9.98 Å². The number of nitrogens with zero attached hydrogens (tertiary/aromatic N) is 3. The fourth-order valence-electron chi connectivity index (χ4n) is 3.53. The number of rotatable bonds is 9. The maximum Gasteiger partial charge on any atom is 0.191 e. The van der Waals surface area contributed by atoms with Crippen LogP contribution in [-0.4, -0.2) is 62.3 Å². The lowest BCUT2D eigenvalue weighted by Gasteiger charge is -2.35. The highest BCUT2D eigenvalue weighted by atomic mass is 32.1. The normalized spacial score (nSPS) is 16.4. The SMILES string of the molecule is CCNC(=NCc1csc(C(C)C)n1)NCC(c1ccc(OC)cc1)N1CCOCC1. The maximum atomic E-state index is 5.57. The molecule has 1 fully saturated rings. The van der Waals surface area contributed by atoms with Crippen LogP contribution >= 0.6 is 11.3 Å². The van der Waals surface area contributed by atoms with E-state index in [0.29, 0.717) is 12.5 Å². The first-order chi connectivity index (χ1) is 15.1. The van der Waals surface area contributed by atoms with E-state index in [1.165, 1.54) is 5.56 Å². The third-order valence-electron chi connectivity index (χ3n) is 5.26. The Labute approximate surface area is 189 Å². The van der Waals surface area contributed by atoms with Gasteiger partial charge in [0.15, 0.2) is 5.96 Å². The fourth-order valence-corrected chi connectivity index (χ4v) is 4.35. The Morgan fingerprint density at radius 3 is 2.58 bits per heavy atom. The number of hydrogen-bond donors (Lipinski definition) is 2. The number of aromatic nitrogens is 1. The van der Waals surface area contributed by atoms with E-state index in [0.717, 1.165) is 61.8 Å². The van der Waals surface area contributed by atoms with Crippen LogP contribution in [0.2, 0.25) is 0 Å². The Morgan fingerprint density at radius 1 is 1.23 bits per heavy atom. The molecule has 1 unspecified atom stereocenters. The molecule has 0 bridgehead atoms. The lowest BCUT2D eigenvalue weighted by Crippen LogP contribution is -2.46. The number of nitrogens with one attached hydrogen (secondary N) is 2.